The lowest BCUT2D eigenvalue weighted by molar-refractivity contribution is 0.0943. The molecule has 35 heavy (non-hydrogen) atoms. The van der Waals surface area contributed by atoms with Gasteiger partial charge in [-0.1, -0.05) is 35.9 Å². The zero-order valence-corrected chi connectivity index (χ0v) is 20.3. The molecule has 7 nitrogen and oxygen atoms in total. The number of rotatable bonds is 7. The number of aromatic nitrogens is 2. The molecule has 1 aromatic heterocycles. The van der Waals surface area contributed by atoms with Gasteiger partial charge < -0.3 is 15.4 Å². The average Bonchev–Trinajstić information content (AvgIpc) is 2.82. The first-order valence-corrected chi connectivity index (χ1v) is 11.5. The number of nitrogens with one attached hydrogen (secondary N) is 2. The predicted octanol–water partition coefficient (Wildman–Crippen LogP) is 5.87. The zero-order chi connectivity index (χ0) is 24.9. The molecule has 0 unspecified atom stereocenters. The Kier molecular flexibility index (Phi) is 7.17. The van der Waals surface area contributed by atoms with Crippen LogP contribution in [0.1, 0.15) is 29.8 Å². The Hall–Kier alpha value is -4.10. The lowest BCUT2D eigenvalue weighted by Gasteiger charge is -2.15. The van der Waals surface area contributed by atoms with Gasteiger partial charge in [-0.3, -0.25) is 9.59 Å². The molecular weight excluding hydrogens is 464 g/mol. The third-order valence-corrected chi connectivity index (χ3v) is 5.40. The molecule has 0 aliphatic carbocycles. The van der Waals surface area contributed by atoms with Crippen molar-refractivity contribution in [1.29, 1.82) is 0 Å². The highest BCUT2D eigenvalue weighted by atomic mass is 35.5. The molecule has 4 rings (SSSR count). The first kappa shape index (κ1) is 24.0. The summed E-state index contributed by atoms with van der Waals surface area (Å²) in [5, 5.41) is 10.7. The molecule has 0 fully saturated rings. The number of carbonyl (C=O) groups is 1. The fraction of sp³-hybridized carbons (Fsp3) is 0.148. The Morgan fingerprint density at radius 1 is 1.03 bits per heavy atom. The van der Waals surface area contributed by atoms with E-state index in [9.17, 15) is 9.59 Å². The molecule has 8 heteroatoms. The molecule has 1 amide bonds. The van der Waals surface area contributed by atoms with Crippen molar-refractivity contribution in [3.05, 3.63) is 105 Å². The molecule has 0 radical (unpaired) electrons. The van der Waals surface area contributed by atoms with E-state index in [0.29, 0.717) is 27.7 Å². The summed E-state index contributed by atoms with van der Waals surface area (Å²) in [6.45, 7) is 5.75. The summed E-state index contributed by atoms with van der Waals surface area (Å²) in [4.78, 5) is 25.8. The molecular formula is C27H25ClN4O3. The van der Waals surface area contributed by atoms with Crippen LogP contribution in [0.5, 0.6) is 11.5 Å². The Morgan fingerprint density at radius 3 is 2.46 bits per heavy atom. The van der Waals surface area contributed by atoms with Crippen LogP contribution in [0.3, 0.4) is 0 Å². The molecule has 4 aromatic rings. The van der Waals surface area contributed by atoms with Crippen molar-refractivity contribution in [3.63, 3.8) is 0 Å². The average molecular weight is 489 g/mol. The van der Waals surface area contributed by atoms with Gasteiger partial charge in [0, 0.05) is 17.3 Å². The van der Waals surface area contributed by atoms with Gasteiger partial charge in [-0.05, 0) is 74.9 Å². The number of amides is 1. The largest absolute Gasteiger partial charge is 0.453 e. The van der Waals surface area contributed by atoms with Gasteiger partial charge >= 0.3 is 0 Å². The molecule has 0 saturated heterocycles. The molecule has 0 atom stereocenters. The fourth-order valence-electron chi connectivity index (χ4n) is 3.43. The maximum Gasteiger partial charge on any atom is 0.299 e. The molecule has 178 valence electrons. The van der Waals surface area contributed by atoms with E-state index in [-0.39, 0.29) is 23.4 Å². The van der Waals surface area contributed by atoms with Crippen LogP contribution in [0.2, 0.25) is 5.02 Å². The minimum absolute atomic E-state index is 0.0294. The van der Waals surface area contributed by atoms with Gasteiger partial charge in [0.1, 0.15) is 5.75 Å². The maximum absolute atomic E-state index is 13.5. The van der Waals surface area contributed by atoms with Crippen molar-refractivity contribution in [2.24, 2.45) is 0 Å². The summed E-state index contributed by atoms with van der Waals surface area (Å²) in [5.74, 6) is 0.663. The third kappa shape index (κ3) is 5.70. The number of anilines is 2. The van der Waals surface area contributed by atoms with Gasteiger partial charge in [0.25, 0.3) is 11.5 Å². The van der Waals surface area contributed by atoms with Crippen molar-refractivity contribution in [2.75, 3.05) is 5.32 Å². The van der Waals surface area contributed by atoms with E-state index >= 15 is 0 Å². The minimum atomic E-state index is -0.440. The number of benzene rings is 3. The van der Waals surface area contributed by atoms with Crippen LogP contribution in [0.15, 0.2) is 83.8 Å². The molecule has 0 bridgehead atoms. The predicted molar refractivity (Wildman–Crippen MR) is 138 cm³/mol. The Bertz CT molecular complexity index is 1410. The van der Waals surface area contributed by atoms with Gasteiger partial charge in [0.05, 0.1) is 16.9 Å². The highest BCUT2D eigenvalue weighted by molar-refractivity contribution is 6.32. The van der Waals surface area contributed by atoms with E-state index in [1.54, 1.807) is 54.6 Å². The Balaban J connectivity index is 1.73. The Labute approximate surface area is 208 Å². The maximum atomic E-state index is 13.5. The molecule has 0 aliphatic heterocycles. The highest BCUT2D eigenvalue weighted by Crippen LogP contribution is 2.30. The number of para-hydroxylation sites is 1. The number of aryl methyl sites for hydroxylation is 1. The smallest absolute Gasteiger partial charge is 0.299 e. The molecule has 0 saturated carbocycles. The van der Waals surface area contributed by atoms with Gasteiger partial charge in [0.2, 0.25) is 0 Å². The van der Waals surface area contributed by atoms with Crippen molar-refractivity contribution in [1.82, 2.24) is 15.1 Å². The van der Waals surface area contributed by atoms with Crippen LogP contribution in [-0.2, 0) is 0 Å². The second-order valence-electron chi connectivity index (χ2n) is 8.30. The summed E-state index contributed by atoms with van der Waals surface area (Å²) in [5.41, 5.74) is 2.33. The van der Waals surface area contributed by atoms with Gasteiger partial charge in [-0.25, -0.2) is 0 Å². The van der Waals surface area contributed by atoms with Crippen LogP contribution in [0.25, 0.3) is 5.69 Å². The second-order valence-corrected chi connectivity index (χ2v) is 8.71. The number of ether oxygens (including phenoxy) is 1. The molecule has 2 N–H and O–H groups in total. The van der Waals surface area contributed by atoms with E-state index in [4.69, 9.17) is 16.3 Å². The normalized spacial score (nSPS) is 10.8. The number of hydrogen-bond donors (Lipinski definition) is 2. The quantitative estimate of drug-likeness (QED) is 0.340. The highest BCUT2D eigenvalue weighted by Gasteiger charge is 2.17. The summed E-state index contributed by atoms with van der Waals surface area (Å²) < 4.78 is 7.26. The lowest BCUT2D eigenvalue weighted by Crippen LogP contribution is -2.30. The van der Waals surface area contributed by atoms with Gasteiger partial charge in [-0.15, -0.1) is 0 Å². The van der Waals surface area contributed by atoms with E-state index in [0.717, 1.165) is 5.56 Å². The van der Waals surface area contributed by atoms with Crippen molar-refractivity contribution >= 4 is 28.9 Å². The standard InChI is InChI=1S/C27H25ClN4O3/c1-17(2)30-26(33)19-11-13-20(14-12-19)31-25-24(35-21-8-6-7-18(3)15-21)16-29-32(27(25)34)23-10-5-4-9-22(23)28/h4-17,31H,1-3H3,(H,30,33). The van der Waals surface area contributed by atoms with Crippen molar-refractivity contribution < 1.29 is 9.53 Å². The van der Waals surface area contributed by atoms with Gasteiger partial charge in [-0.2, -0.15) is 9.78 Å². The second kappa shape index (κ2) is 10.4. The first-order chi connectivity index (χ1) is 16.8. The summed E-state index contributed by atoms with van der Waals surface area (Å²) in [6.07, 6.45) is 1.47. The van der Waals surface area contributed by atoms with E-state index < -0.39 is 5.56 Å². The minimum Gasteiger partial charge on any atom is -0.453 e. The number of hydrogen-bond acceptors (Lipinski definition) is 5. The summed E-state index contributed by atoms with van der Waals surface area (Å²) in [6, 6.07) is 21.3. The van der Waals surface area contributed by atoms with Gasteiger partial charge in [0.15, 0.2) is 11.4 Å². The lowest BCUT2D eigenvalue weighted by atomic mass is 10.2. The monoisotopic (exact) mass is 488 g/mol. The summed E-state index contributed by atoms with van der Waals surface area (Å²) in [7, 11) is 0. The molecule has 0 spiro atoms. The van der Waals surface area contributed by atoms with Crippen molar-refractivity contribution in [3.8, 4) is 17.2 Å². The fourth-order valence-corrected chi connectivity index (χ4v) is 3.64. The number of halogens is 1. The van der Waals surface area contributed by atoms with E-state index in [1.165, 1.54) is 10.9 Å². The molecule has 1 heterocycles. The van der Waals surface area contributed by atoms with Crippen molar-refractivity contribution in [2.45, 2.75) is 26.8 Å². The Morgan fingerprint density at radius 2 is 1.77 bits per heavy atom. The topological polar surface area (TPSA) is 85.2 Å². The van der Waals surface area contributed by atoms with Crippen LogP contribution >= 0.6 is 11.6 Å². The zero-order valence-electron chi connectivity index (χ0n) is 19.6. The van der Waals surface area contributed by atoms with E-state index in [2.05, 4.69) is 15.7 Å². The summed E-state index contributed by atoms with van der Waals surface area (Å²) >= 11 is 6.32. The number of nitrogens with zero attached hydrogens (tertiary/aromatic N) is 2. The molecule has 0 aliphatic rings. The van der Waals surface area contributed by atoms with E-state index in [1.807, 2.05) is 39.0 Å². The first-order valence-electron chi connectivity index (χ1n) is 11.1. The number of carbonyl (C=O) groups excluding carboxylic acids is 1. The van der Waals surface area contributed by atoms with Crippen LogP contribution in [0.4, 0.5) is 11.4 Å². The SMILES string of the molecule is Cc1cccc(Oc2cnn(-c3ccccc3Cl)c(=O)c2Nc2ccc(C(=O)NC(C)C)cc2)c1. The van der Waals surface area contributed by atoms with Crippen LogP contribution in [0, 0.1) is 6.92 Å². The third-order valence-electron chi connectivity index (χ3n) is 5.08. The van der Waals surface area contributed by atoms with Crippen LogP contribution < -0.4 is 20.9 Å². The van der Waals surface area contributed by atoms with Crippen LogP contribution in [-0.4, -0.2) is 21.7 Å². The molecule has 3 aromatic carbocycles.